The SMILES string of the molecule is Cc1cc(CC(=O)NC2CCC(CCN3CCC(C(=O)c4ccc(F)cc4F)CC3)CC2)on1. The lowest BCUT2D eigenvalue weighted by molar-refractivity contribution is -0.121. The lowest BCUT2D eigenvalue weighted by atomic mass is 9.83. The smallest absolute Gasteiger partial charge is 0.227 e. The Hall–Kier alpha value is -2.61. The van der Waals surface area contributed by atoms with Crippen molar-refractivity contribution in [2.45, 2.75) is 64.3 Å². The van der Waals surface area contributed by atoms with Crippen molar-refractivity contribution in [3.8, 4) is 0 Å². The van der Waals surface area contributed by atoms with Crippen LogP contribution in [0.4, 0.5) is 8.78 Å². The van der Waals surface area contributed by atoms with Crippen LogP contribution in [-0.2, 0) is 11.2 Å². The van der Waals surface area contributed by atoms with Crippen molar-refractivity contribution in [1.29, 1.82) is 0 Å². The molecule has 8 heteroatoms. The molecule has 4 rings (SSSR count). The highest BCUT2D eigenvalue weighted by Gasteiger charge is 2.28. The number of nitrogens with one attached hydrogen (secondary N) is 1. The van der Waals surface area contributed by atoms with Gasteiger partial charge >= 0.3 is 0 Å². The highest BCUT2D eigenvalue weighted by Crippen LogP contribution is 2.29. The van der Waals surface area contributed by atoms with Crippen molar-refractivity contribution < 1.29 is 22.9 Å². The first-order valence-corrected chi connectivity index (χ1v) is 12.3. The van der Waals surface area contributed by atoms with E-state index in [0.29, 0.717) is 24.5 Å². The third-order valence-electron chi connectivity index (χ3n) is 7.23. The molecule has 2 fully saturated rings. The van der Waals surface area contributed by atoms with E-state index in [1.165, 1.54) is 6.07 Å². The van der Waals surface area contributed by atoms with Crippen molar-refractivity contribution in [3.05, 3.63) is 52.9 Å². The van der Waals surface area contributed by atoms with E-state index in [1.54, 1.807) is 6.07 Å². The van der Waals surface area contributed by atoms with Crippen LogP contribution in [0.3, 0.4) is 0 Å². The van der Waals surface area contributed by atoms with Gasteiger partial charge in [0.25, 0.3) is 0 Å². The van der Waals surface area contributed by atoms with Crippen molar-refractivity contribution in [2.24, 2.45) is 11.8 Å². The van der Waals surface area contributed by atoms with Crippen LogP contribution in [0.5, 0.6) is 0 Å². The molecule has 184 valence electrons. The molecule has 1 amide bonds. The van der Waals surface area contributed by atoms with Gasteiger partial charge in [0.05, 0.1) is 17.7 Å². The predicted octanol–water partition coefficient (Wildman–Crippen LogP) is 4.46. The maximum absolute atomic E-state index is 14.0. The van der Waals surface area contributed by atoms with E-state index in [4.69, 9.17) is 4.52 Å². The zero-order chi connectivity index (χ0) is 24.1. The molecule has 2 heterocycles. The Kier molecular flexibility index (Phi) is 8.08. The van der Waals surface area contributed by atoms with Gasteiger partial charge < -0.3 is 14.7 Å². The summed E-state index contributed by atoms with van der Waals surface area (Å²) in [6, 6.07) is 5.19. The summed E-state index contributed by atoms with van der Waals surface area (Å²) >= 11 is 0. The molecule has 0 atom stereocenters. The topological polar surface area (TPSA) is 75.4 Å². The van der Waals surface area contributed by atoms with Gasteiger partial charge in [-0.3, -0.25) is 9.59 Å². The molecule has 2 aliphatic rings. The minimum Gasteiger partial charge on any atom is -0.361 e. The number of ketones is 1. The largest absolute Gasteiger partial charge is 0.361 e. The molecule has 0 spiro atoms. The number of halogens is 2. The fourth-order valence-electron chi connectivity index (χ4n) is 5.23. The van der Waals surface area contributed by atoms with Crippen molar-refractivity contribution in [1.82, 2.24) is 15.4 Å². The summed E-state index contributed by atoms with van der Waals surface area (Å²) < 4.78 is 32.2. The molecular weight excluding hydrogens is 440 g/mol. The maximum atomic E-state index is 14.0. The molecule has 0 bridgehead atoms. The number of carbonyl (C=O) groups is 2. The molecule has 6 nitrogen and oxygen atoms in total. The van der Waals surface area contributed by atoms with Crippen LogP contribution in [0.15, 0.2) is 28.8 Å². The zero-order valence-corrected chi connectivity index (χ0v) is 19.7. The minimum absolute atomic E-state index is 0.000332. The summed E-state index contributed by atoms with van der Waals surface area (Å²) in [6.45, 7) is 4.48. The first-order valence-electron chi connectivity index (χ1n) is 12.3. The van der Waals surface area contributed by atoms with Gasteiger partial charge in [0.15, 0.2) is 5.78 Å². The highest BCUT2D eigenvalue weighted by atomic mass is 19.1. The number of hydrogen-bond donors (Lipinski definition) is 1. The van der Waals surface area contributed by atoms with Gasteiger partial charge in [0.2, 0.25) is 5.91 Å². The second-order valence-electron chi connectivity index (χ2n) is 9.79. The number of hydrogen-bond acceptors (Lipinski definition) is 5. The zero-order valence-electron chi connectivity index (χ0n) is 19.7. The van der Waals surface area contributed by atoms with Gasteiger partial charge in [-0.1, -0.05) is 5.16 Å². The van der Waals surface area contributed by atoms with E-state index < -0.39 is 11.6 Å². The van der Waals surface area contributed by atoms with Gasteiger partial charge in [-0.2, -0.15) is 0 Å². The Labute approximate surface area is 199 Å². The molecule has 1 saturated carbocycles. The monoisotopic (exact) mass is 473 g/mol. The van der Waals surface area contributed by atoms with E-state index in [9.17, 15) is 18.4 Å². The molecule has 1 aliphatic heterocycles. The van der Waals surface area contributed by atoms with Crippen molar-refractivity contribution in [2.75, 3.05) is 19.6 Å². The minimum atomic E-state index is -0.771. The van der Waals surface area contributed by atoms with Crippen LogP contribution in [0.25, 0.3) is 0 Å². The molecule has 1 aliphatic carbocycles. The van der Waals surface area contributed by atoms with Gasteiger partial charge in [-0.25, -0.2) is 8.78 Å². The highest BCUT2D eigenvalue weighted by molar-refractivity contribution is 5.98. The Morgan fingerprint density at radius 2 is 1.82 bits per heavy atom. The summed E-state index contributed by atoms with van der Waals surface area (Å²) in [7, 11) is 0. The van der Waals surface area contributed by atoms with Gasteiger partial charge in [0, 0.05) is 24.1 Å². The van der Waals surface area contributed by atoms with Crippen molar-refractivity contribution >= 4 is 11.7 Å². The molecule has 2 aromatic rings. The van der Waals surface area contributed by atoms with Gasteiger partial charge in [-0.05, 0) is 89.6 Å². The van der Waals surface area contributed by atoms with Gasteiger partial charge in [0.1, 0.15) is 17.4 Å². The number of likely N-dealkylation sites (tertiary alicyclic amines) is 1. The Morgan fingerprint density at radius 1 is 1.09 bits per heavy atom. The second-order valence-corrected chi connectivity index (χ2v) is 9.79. The Balaban J connectivity index is 1.13. The number of rotatable bonds is 8. The third kappa shape index (κ3) is 6.50. The summed E-state index contributed by atoms with van der Waals surface area (Å²) in [5.74, 6) is -0.617. The summed E-state index contributed by atoms with van der Waals surface area (Å²) in [6.07, 6.45) is 6.95. The molecule has 1 aromatic carbocycles. The summed E-state index contributed by atoms with van der Waals surface area (Å²) in [5, 5.41) is 6.94. The number of aryl methyl sites for hydroxylation is 1. The van der Waals surface area contributed by atoms with Crippen LogP contribution < -0.4 is 5.32 Å². The number of benzene rings is 1. The lowest BCUT2D eigenvalue weighted by Crippen LogP contribution is -2.40. The van der Waals surface area contributed by atoms with Crippen LogP contribution in [0, 0.1) is 30.4 Å². The molecular formula is C26H33F2N3O3. The fraction of sp³-hybridized carbons (Fsp3) is 0.577. The van der Waals surface area contributed by atoms with E-state index in [1.807, 2.05) is 6.92 Å². The maximum Gasteiger partial charge on any atom is 0.227 e. The number of aromatic nitrogens is 1. The first-order chi connectivity index (χ1) is 16.4. The number of amides is 1. The van der Waals surface area contributed by atoms with Gasteiger partial charge in [-0.15, -0.1) is 0 Å². The summed E-state index contributed by atoms with van der Waals surface area (Å²) in [4.78, 5) is 27.3. The lowest BCUT2D eigenvalue weighted by Gasteiger charge is -2.34. The van der Waals surface area contributed by atoms with Crippen LogP contribution >= 0.6 is 0 Å². The average Bonchev–Trinajstić information content (AvgIpc) is 3.23. The number of Topliss-reactive ketones (excluding diaryl/α,β-unsaturated/α-hetero) is 1. The van der Waals surface area contributed by atoms with E-state index in [-0.39, 0.29) is 35.6 Å². The molecule has 1 saturated heterocycles. The quantitative estimate of drug-likeness (QED) is 0.573. The Bertz CT molecular complexity index is 993. The summed E-state index contributed by atoms with van der Waals surface area (Å²) in [5.41, 5.74) is 0.778. The van der Waals surface area contributed by atoms with Crippen LogP contribution in [0.2, 0.25) is 0 Å². The van der Waals surface area contributed by atoms with E-state index in [0.717, 1.165) is 69.6 Å². The molecule has 0 radical (unpaired) electrons. The van der Waals surface area contributed by atoms with Crippen LogP contribution in [-0.4, -0.2) is 47.4 Å². The van der Waals surface area contributed by atoms with E-state index in [2.05, 4.69) is 15.4 Å². The van der Waals surface area contributed by atoms with Crippen molar-refractivity contribution in [3.63, 3.8) is 0 Å². The predicted molar refractivity (Wildman–Crippen MR) is 123 cm³/mol. The Morgan fingerprint density at radius 3 is 2.47 bits per heavy atom. The standard InChI is InChI=1S/C26H33F2N3O3/c1-17-14-22(34-30-17)16-25(32)29-21-5-2-18(3-6-21)8-11-31-12-9-19(10-13-31)26(33)23-7-4-20(27)15-24(23)28/h4,7,14-15,18-19,21H,2-3,5-6,8-13,16H2,1H3,(H,29,32). The second kappa shape index (κ2) is 11.2. The molecule has 0 unspecified atom stereocenters. The first kappa shape index (κ1) is 24.5. The number of nitrogens with zero attached hydrogens (tertiary/aromatic N) is 2. The van der Waals surface area contributed by atoms with Crippen LogP contribution in [0.1, 0.15) is 66.8 Å². The fourth-order valence-corrected chi connectivity index (χ4v) is 5.23. The third-order valence-corrected chi connectivity index (χ3v) is 7.23. The average molecular weight is 474 g/mol. The molecule has 1 N–H and O–H groups in total. The number of carbonyl (C=O) groups excluding carboxylic acids is 2. The normalized spacial score (nSPS) is 22.0. The number of piperidine rings is 1. The molecule has 1 aromatic heterocycles. The molecule has 34 heavy (non-hydrogen) atoms. The van der Waals surface area contributed by atoms with E-state index >= 15 is 0 Å².